The van der Waals surface area contributed by atoms with Crippen molar-refractivity contribution in [2.24, 2.45) is 0 Å². The number of carbonyl (C=O) groups is 1. The highest BCUT2D eigenvalue weighted by molar-refractivity contribution is 7.17. The summed E-state index contributed by atoms with van der Waals surface area (Å²) < 4.78 is 10.2. The summed E-state index contributed by atoms with van der Waals surface area (Å²) in [4.78, 5) is 18.4. The Hall–Kier alpha value is -1.14. The number of nitrogens with zero attached hydrogens (tertiary/aromatic N) is 2. The number of piperidine rings is 1. The fraction of sp³-hybridized carbons (Fsp3) is 0.667. The minimum Gasteiger partial charge on any atom is -0.465 e. The van der Waals surface area contributed by atoms with Gasteiger partial charge in [0.15, 0.2) is 5.13 Å². The van der Waals surface area contributed by atoms with Crippen LogP contribution in [0, 0.1) is 0 Å². The molecule has 1 fully saturated rings. The minimum atomic E-state index is -0.328. The molecule has 0 radical (unpaired) electrons. The van der Waals surface area contributed by atoms with Gasteiger partial charge in [0.25, 0.3) is 0 Å². The average Bonchev–Trinajstić information content (AvgIpc) is 2.87. The van der Waals surface area contributed by atoms with E-state index in [-0.39, 0.29) is 11.6 Å². The van der Waals surface area contributed by atoms with Crippen LogP contribution in [0.5, 0.6) is 0 Å². The zero-order chi connectivity index (χ0) is 13.2. The molecule has 6 heteroatoms. The minimum absolute atomic E-state index is 0.130. The van der Waals surface area contributed by atoms with Gasteiger partial charge in [-0.3, -0.25) is 0 Å². The highest BCUT2D eigenvalue weighted by atomic mass is 32.1. The second-order valence-corrected chi connectivity index (χ2v) is 5.69. The highest BCUT2D eigenvalue weighted by Gasteiger charge is 2.32. The lowest BCUT2D eigenvalue weighted by atomic mass is 9.95. The van der Waals surface area contributed by atoms with Crippen LogP contribution in [-0.2, 0) is 9.47 Å². The summed E-state index contributed by atoms with van der Waals surface area (Å²) >= 11 is 1.37. The molecule has 1 aliphatic heterocycles. The van der Waals surface area contributed by atoms with Crippen molar-refractivity contribution in [3.8, 4) is 0 Å². The molecule has 0 N–H and O–H groups in total. The van der Waals surface area contributed by atoms with Crippen LogP contribution in [0.2, 0.25) is 0 Å². The second kappa shape index (κ2) is 5.24. The number of aromatic nitrogens is 1. The molecule has 1 aromatic rings. The van der Waals surface area contributed by atoms with Crippen molar-refractivity contribution >= 4 is 22.4 Å². The number of anilines is 1. The van der Waals surface area contributed by atoms with Crippen molar-refractivity contribution in [3.05, 3.63) is 11.1 Å². The Kier molecular flexibility index (Phi) is 3.87. The van der Waals surface area contributed by atoms with Crippen LogP contribution >= 0.6 is 11.3 Å². The van der Waals surface area contributed by atoms with Gasteiger partial charge in [0.05, 0.1) is 18.9 Å². The Bertz CT molecular complexity index is 435. The molecule has 1 saturated heterocycles. The third kappa shape index (κ3) is 2.64. The fourth-order valence-electron chi connectivity index (χ4n) is 2.14. The van der Waals surface area contributed by atoms with E-state index in [0.29, 0.717) is 4.88 Å². The summed E-state index contributed by atoms with van der Waals surface area (Å²) in [7, 11) is 3.12. The van der Waals surface area contributed by atoms with Crippen LogP contribution in [0.25, 0.3) is 0 Å². The Balaban J connectivity index is 2.12. The molecule has 0 amide bonds. The van der Waals surface area contributed by atoms with Crippen LogP contribution in [0.1, 0.15) is 29.4 Å². The third-order valence-electron chi connectivity index (χ3n) is 3.30. The third-order valence-corrected chi connectivity index (χ3v) is 4.34. The van der Waals surface area contributed by atoms with Crippen molar-refractivity contribution in [3.63, 3.8) is 0 Å². The van der Waals surface area contributed by atoms with Crippen LogP contribution in [-0.4, -0.2) is 43.9 Å². The van der Waals surface area contributed by atoms with E-state index in [0.717, 1.165) is 31.1 Å². The number of rotatable bonds is 3. The molecule has 2 rings (SSSR count). The molecular weight excluding hydrogens is 252 g/mol. The number of ether oxygens (including phenoxy) is 2. The van der Waals surface area contributed by atoms with Gasteiger partial charge in [0.2, 0.25) is 0 Å². The maximum atomic E-state index is 11.4. The molecule has 0 bridgehead atoms. The number of thiazole rings is 1. The summed E-state index contributed by atoms with van der Waals surface area (Å²) in [5.41, 5.74) is -0.130. The van der Waals surface area contributed by atoms with Gasteiger partial charge >= 0.3 is 5.97 Å². The van der Waals surface area contributed by atoms with Gasteiger partial charge in [-0.25, -0.2) is 9.78 Å². The normalized spacial score (nSPS) is 24.1. The summed E-state index contributed by atoms with van der Waals surface area (Å²) in [6.07, 6.45) is 3.69. The van der Waals surface area contributed by atoms with E-state index in [2.05, 4.69) is 21.5 Å². The molecular formula is C12H18N2O3S. The number of hydrogen-bond donors (Lipinski definition) is 0. The summed E-state index contributed by atoms with van der Waals surface area (Å²) in [6.45, 7) is 3.86. The van der Waals surface area contributed by atoms with E-state index >= 15 is 0 Å². The SMILES string of the molecule is COC(=O)c1cnc(N2CCCC(C)(OC)C2)s1. The Labute approximate surface area is 111 Å². The predicted octanol–water partition coefficient (Wildman–Crippen LogP) is 1.93. The topological polar surface area (TPSA) is 51.7 Å². The Morgan fingerprint density at radius 2 is 2.33 bits per heavy atom. The molecule has 1 aromatic heterocycles. The molecule has 5 nitrogen and oxygen atoms in total. The van der Waals surface area contributed by atoms with Crippen molar-refractivity contribution in [1.29, 1.82) is 0 Å². The lowest BCUT2D eigenvalue weighted by molar-refractivity contribution is -0.00466. The molecule has 1 atom stereocenters. The number of esters is 1. The van der Waals surface area contributed by atoms with E-state index in [4.69, 9.17) is 4.74 Å². The molecule has 0 spiro atoms. The van der Waals surface area contributed by atoms with Gasteiger partial charge in [-0.1, -0.05) is 11.3 Å². The summed E-state index contributed by atoms with van der Waals surface area (Å²) in [5.74, 6) is -0.328. The summed E-state index contributed by atoms with van der Waals surface area (Å²) in [5, 5.41) is 0.860. The number of carbonyl (C=O) groups excluding carboxylic acids is 1. The van der Waals surface area contributed by atoms with Crippen LogP contribution in [0.15, 0.2) is 6.20 Å². The first-order valence-corrected chi connectivity index (χ1v) is 6.74. The van der Waals surface area contributed by atoms with E-state index in [1.165, 1.54) is 18.4 Å². The lowest BCUT2D eigenvalue weighted by Crippen LogP contribution is -2.47. The number of hydrogen-bond acceptors (Lipinski definition) is 6. The van der Waals surface area contributed by atoms with Crippen molar-refractivity contribution in [2.45, 2.75) is 25.4 Å². The molecule has 100 valence electrons. The molecule has 1 unspecified atom stereocenters. The van der Waals surface area contributed by atoms with Crippen LogP contribution in [0.3, 0.4) is 0 Å². The van der Waals surface area contributed by atoms with E-state index in [9.17, 15) is 4.79 Å². The van der Waals surface area contributed by atoms with Gasteiger partial charge in [-0.2, -0.15) is 0 Å². The van der Waals surface area contributed by atoms with E-state index in [1.807, 2.05) is 0 Å². The predicted molar refractivity (Wildman–Crippen MR) is 70.3 cm³/mol. The number of methoxy groups -OCH3 is 2. The zero-order valence-corrected chi connectivity index (χ0v) is 11.7. The maximum absolute atomic E-state index is 11.4. The quantitative estimate of drug-likeness (QED) is 0.786. The molecule has 0 aliphatic carbocycles. The Morgan fingerprint density at radius 1 is 1.56 bits per heavy atom. The van der Waals surface area contributed by atoms with Crippen molar-refractivity contribution < 1.29 is 14.3 Å². The van der Waals surface area contributed by atoms with Crippen LogP contribution < -0.4 is 4.90 Å². The van der Waals surface area contributed by atoms with Gasteiger partial charge in [-0.05, 0) is 19.8 Å². The molecule has 0 aromatic carbocycles. The largest absolute Gasteiger partial charge is 0.465 e. The lowest BCUT2D eigenvalue weighted by Gasteiger charge is -2.39. The molecule has 1 aliphatic rings. The molecule has 18 heavy (non-hydrogen) atoms. The second-order valence-electron chi connectivity index (χ2n) is 4.68. The van der Waals surface area contributed by atoms with Gasteiger partial charge < -0.3 is 14.4 Å². The fourth-order valence-corrected chi connectivity index (χ4v) is 3.00. The van der Waals surface area contributed by atoms with Crippen molar-refractivity contribution in [1.82, 2.24) is 4.98 Å². The van der Waals surface area contributed by atoms with Gasteiger partial charge in [-0.15, -0.1) is 0 Å². The van der Waals surface area contributed by atoms with E-state index in [1.54, 1.807) is 13.3 Å². The van der Waals surface area contributed by atoms with Gasteiger partial charge in [0.1, 0.15) is 4.88 Å². The average molecular weight is 270 g/mol. The monoisotopic (exact) mass is 270 g/mol. The smallest absolute Gasteiger partial charge is 0.349 e. The van der Waals surface area contributed by atoms with Crippen molar-refractivity contribution in [2.75, 3.05) is 32.2 Å². The first kappa shape index (κ1) is 13.3. The first-order chi connectivity index (χ1) is 8.58. The zero-order valence-electron chi connectivity index (χ0n) is 10.9. The highest BCUT2D eigenvalue weighted by Crippen LogP contribution is 2.30. The Morgan fingerprint density at radius 3 is 3.00 bits per heavy atom. The maximum Gasteiger partial charge on any atom is 0.349 e. The first-order valence-electron chi connectivity index (χ1n) is 5.92. The standard InChI is InChI=1S/C12H18N2O3S/c1-12(17-3)5-4-6-14(8-12)11-13-7-9(18-11)10(15)16-2/h7H,4-6,8H2,1-3H3. The molecule has 2 heterocycles. The van der Waals surface area contributed by atoms with Crippen LogP contribution in [0.4, 0.5) is 5.13 Å². The van der Waals surface area contributed by atoms with Gasteiger partial charge in [0, 0.05) is 20.2 Å². The molecule has 0 saturated carbocycles. The summed E-state index contributed by atoms with van der Waals surface area (Å²) in [6, 6.07) is 0. The van der Waals surface area contributed by atoms with E-state index < -0.39 is 0 Å².